The molecule has 17 heteroatoms. The predicted octanol–water partition coefficient (Wildman–Crippen LogP) is 3.94. The Bertz CT molecular complexity index is 1730. The average Bonchev–Trinajstić information content (AvgIpc) is 3.42. The number of ether oxygens (including phenoxy) is 1. The standard InChI is InChI=1S/C26H26F3N3O8S3/c1-40-19-6-2-4-16(12-19)23(33)30-15-20-14-22(24(34)35)25(41-20)43(38,39)32-10-8-17(9-11-32)31-18-5-3-7-21(13-18)42(36,37)26(27,28)29/h2-7,12-14,17,31H,8-11,15H2,1H3,(H,30,33)(H,34,35). The highest BCUT2D eigenvalue weighted by Crippen LogP contribution is 2.34. The van der Waals surface area contributed by atoms with Crippen LogP contribution in [0.25, 0.3) is 0 Å². The van der Waals surface area contributed by atoms with Crippen LogP contribution in [0.3, 0.4) is 0 Å². The van der Waals surface area contributed by atoms with Crippen molar-refractivity contribution in [2.24, 2.45) is 0 Å². The fourth-order valence-corrected chi connectivity index (χ4v) is 8.40. The molecule has 1 aliphatic heterocycles. The maximum Gasteiger partial charge on any atom is 0.501 e. The van der Waals surface area contributed by atoms with Crippen molar-refractivity contribution in [1.29, 1.82) is 0 Å². The second-order valence-corrected chi connectivity index (χ2v) is 14.6. The molecule has 232 valence electrons. The normalized spacial score (nSPS) is 15.2. The van der Waals surface area contributed by atoms with Gasteiger partial charge < -0.3 is 20.5 Å². The summed E-state index contributed by atoms with van der Waals surface area (Å²) in [6.45, 7) is -0.176. The quantitative estimate of drug-likeness (QED) is 0.293. The summed E-state index contributed by atoms with van der Waals surface area (Å²) in [5.74, 6) is -1.46. The molecule has 11 nitrogen and oxygen atoms in total. The van der Waals surface area contributed by atoms with Crippen molar-refractivity contribution < 1.29 is 49.4 Å². The van der Waals surface area contributed by atoms with E-state index in [0.29, 0.717) is 16.2 Å². The van der Waals surface area contributed by atoms with E-state index >= 15 is 0 Å². The van der Waals surface area contributed by atoms with Gasteiger partial charge in [-0.05, 0) is 55.3 Å². The average molecular weight is 662 g/mol. The number of nitrogens with one attached hydrogen (secondary N) is 2. The van der Waals surface area contributed by atoms with Crippen molar-refractivity contribution in [2.45, 2.75) is 40.0 Å². The van der Waals surface area contributed by atoms with Crippen molar-refractivity contribution in [1.82, 2.24) is 9.62 Å². The van der Waals surface area contributed by atoms with Crippen LogP contribution in [0.5, 0.6) is 5.75 Å². The van der Waals surface area contributed by atoms with E-state index in [0.717, 1.165) is 27.8 Å². The number of alkyl halides is 3. The van der Waals surface area contributed by atoms with E-state index in [-0.39, 0.29) is 48.4 Å². The molecule has 2 aromatic carbocycles. The SMILES string of the molecule is COc1cccc(C(=O)NCc2cc(C(=O)O)c(S(=O)(=O)N3CCC(Nc4cccc(S(=O)(=O)C(F)(F)F)c4)CC3)s2)c1. The van der Waals surface area contributed by atoms with Gasteiger partial charge in [0.1, 0.15) is 9.96 Å². The van der Waals surface area contributed by atoms with E-state index in [1.165, 1.54) is 31.4 Å². The molecule has 0 bridgehead atoms. The van der Waals surface area contributed by atoms with E-state index in [4.69, 9.17) is 4.74 Å². The van der Waals surface area contributed by atoms with Gasteiger partial charge >= 0.3 is 11.5 Å². The zero-order valence-corrected chi connectivity index (χ0v) is 24.9. The molecule has 3 N–H and O–H groups in total. The molecule has 1 fully saturated rings. The summed E-state index contributed by atoms with van der Waals surface area (Å²) < 4.78 is 95.0. The number of rotatable bonds is 10. The van der Waals surface area contributed by atoms with E-state index in [9.17, 15) is 44.7 Å². The number of thiophene rings is 1. The molecule has 2 heterocycles. The first-order valence-corrected chi connectivity index (χ1v) is 16.3. The summed E-state index contributed by atoms with van der Waals surface area (Å²) in [5, 5.41) is 15.3. The number of methoxy groups -OCH3 is 1. The van der Waals surface area contributed by atoms with Crippen LogP contribution in [0.1, 0.15) is 38.4 Å². The lowest BCUT2D eigenvalue weighted by atomic mass is 10.1. The number of piperidine rings is 1. The molecular weight excluding hydrogens is 635 g/mol. The number of nitrogens with zero attached hydrogens (tertiary/aromatic N) is 1. The molecule has 3 aromatic rings. The van der Waals surface area contributed by atoms with Crippen LogP contribution in [0.15, 0.2) is 63.7 Å². The number of halogens is 3. The number of carbonyl (C=O) groups excluding carboxylic acids is 1. The smallest absolute Gasteiger partial charge is 0.497 e. The largest absolute Gasteiger partial charge is 0.501 e. The lowest BCUT2D eigenvalue weighted by molar-refractivity contribution is -0.0436. The molecule has 43 heavy (non-hydrogen) atoms. The van der Waals surface area contributed by atoms with Crippen molar-refractivity contribution in [3.05, 3.63) is 70.6 Å². The van der Waals surface area contributed by atoms with E-state index in [1.807, 2.05) is 0 Å². The first-order valence-electron chi connectivity index (χ1n) is 12.6. The van der Waals surface area contributed by atoms with Gasteiger partial charge in [0.05, 0.1) is 24.1 Å². The molecule has 0 saturated carbocycles. The fourth-order valence-electron chi connectivity index (χ4n) is 4.37. The zero-order valence-electron chi connectivity index (χ0n) is 22.4. The number of aromatic carboxylic acids is 1. The lowest BCUT2D eigenvalue weighted by Crippen LogP contribution is -2.42. The molecule has 1 saturated heterocycles. The molecule has 1 amide bonds. The highest BCUT2D eigenvalue weighted by Gasteiger charge is 2.47. The van der Waals surface area contributed by atoms with Gasteiger partial charge in [0.2, 0.25) is 0 Å². The lowest BCUT2D eigenvalue weighted by Gasteiger charge is -2.32. The molecule has 0 radical (unpaired) electrons. The van der Waals surface area contributed by atoms with Crippen molar-refractivity contribution in [3.8, 4) is 5.75 Å². The van der Waals surface area contributed by atoms with Crippen LogP contribution >= 0.6 is 11.3 Å². The number of hydrogen-bond donors (Lipinski definition) is 3. The Morgan fingerprint density at radius 3 is 2.35 bits per heavy atom. The molecule has 1 aliphatic rings. The van der Waals surface area contributed by atoms with Gasteiger partial charge in [0.25, 0.3) is 25.8 Å². The molecular formula is C26H26F3N3O8S3. The van der Waals surface area contributed by atoms with Crippen LogP contribution in [0.2, 0.25) is 0 Å². The Balaban J connectivity index is 1.43. The summed E-state index contributed by atoms with van der Waals surface area (Å²) in [6, 6.07) is 11.4. The number of sulfonamides is 1. The monoisotopic (exact) mass is 661 g/mol. The van der Waals surface area contributed by atoms with Crippen molar-refractivity contribution in [3.63, 3.8) is 0 Å². The Hall–Kier alpha value is -3.67. The summed E-state index contributed by atoms with van der Waals surface area (Å²) >= 11 is 0.728. The summed E-state index contributed by atoms with van der Waals surface area (Å²) in [5.41, 5.74) is -5.46. The highest BCUT2D eigenvalue weighted by molar-refractivity contribution is 7.92. The van der Waals surface area contributed by atoms with Crippen molar-refractivity contribution in [2.75, 3.05) is 25.5 Å². The second kappa shape index (κ2) is 12.5. The molecule has 0 aliphatic carbocycles. The third-order valence-corrected chi connectivity index (χ3v) is 11.6. The number of hydrogen-bond acceptors (Lipinski definition) is 9. The number of sulfone groups is 1. The number of carbonyl (C=O) groups is 2. The summed E-state index contributed by atoms with van der Waals surface area (Å²) in [6.07, 6.45) is 0.430. The summed E-state index contributed by atoms with van der Waals surface area (Å²) in [4.78, 5) is 23.8. The zero-order chi connectivity index (χ0) is 31.6. The van der Waals surface area contributed by atoms with Crippen LogP contribution in [0.4, 0.5) is 18.9 Å². The number of benzene rings is 2. The minimum atomic E-state index is -5.54. The van der Waals surface area contributed by atoms with Crippen molar-refractivity contribution >= 4 is 48.8 Å². The minimum Gasteiger partial charge on any atom is -0.497 e. The van der Waals surface area contributed by atoms with E-state index in [1.54, 1.807) is 18.2 Å². The second-order valence-electron chi connectivity index (χ2n) is 9.43. The number of carboxylic acid groups (broad SMARTS) is 1. The molecule has 0 atom stereocenters. The first kappa shape index (κ1) is 32.2. The Morgan fingerprint density at radius 2 is 1.72 bits per heavy atom. The van der Waals surface area contributed by atoms with Crippen LogP contribution in [-0.4, -0.2) is 69.9 Å². The van der Waals surface area contributed by atoms with Gasteiger partial charge in [-0.15, -0.1) is 11.3 Å². The van der Waals surface area contributed by atoms with Gasteiger partial charge in [0, 0.05) is 35.3 Å². The van der Waals surface area contributed by atoms with E-state index < -0.39 is 47.7 Å². The fraction of sp³-hybridized carbons (Fsp3) is 0.308. The predicted molar refractivity (Wildman–Crippen MR) is 151 cm³/mol. The number of carboxylic acids is 1. The maximum atomic E-state index is 13.4. The van der Waals surface area contributed by atoms with E-state index in [2.05, 4.69) is 10.6 Å². The van der Waals surface area contributed by atoms with Gasteiger partial charge in [-0.1, -0.05) is 12.1 Å². The minimum absolute atomic E-state index is 0.0284. The van der Waals surface area contributed by atoms with Crippen LogP contribution in [-0.2, 0) is 26.4 Å². The number of anilines is 1. The Morgan fingerprint density at radius 1 is 1.05 bits per heavy atom. The molecule has 4 rings (SSSR count). The highest BCUT2D eigenvalue weighted by atomic mass is 32.2. The van der Waals surface area contributed by atoms with Gasteiger partial charge in [-0.3, -0.25) is 4.79 Å². The maximum absolute atomic E-state index is 13.4. The van der Waals surface area contributed by atoms with Crippen LogP contribution in [0, 0.1) is 0 Å². The third kappa shape index (κ3) is 7.11. The molecule has 0 unspecified atom stereocenters. The van der Waals surface area contributed by atoms with Gasteiger partial charge in [-0.25, -0.2) is 21.6 Å². The summed E-state index contributed by atoms with van der Waals surface area (Å²) in [7, 11) is -8.33. The topological polar surface area (TPSA) is 159 Å². The van der Waals surface area contributed by atoms with Crippen LogP contribution < -0.4 is 15.4 Å². The third-order valence-electron chi connectivity index (χ3n) is 6.58. The Kier molecular flexibility index (Phi) is 9.39. The Labute approximate surface area is 249 Å². The molecule has 1 aromatic heterocycles. The van der Waals surface area contributed by atoms with Gasteiger partial charge in [0.15, 0.2) is 0 Å². The number of amides is 1. The molecule has 0 spiro atoms. The first-order chi connectivity index (χ1) is 20.1. The van der Waals surface area contributed by atoms with Gasteiger partial charge in [-0.2, -0.15) is 17.5 Å².